The molecule has 0 radical (unpaired) electrons. The van der Waals surface area contributed by atoms with Gasteiger partial charge in [-0.25, -0.2) is 4.79 Å². The van der Waals surface area contributed by atoms with Gasteiger partial charge in [-0.3, -0.25) is 9.59 Å². The van der Waals surface area contributed by atoms with Gasteiger partial charge in [-0.05, 0) is 50.4 Å². The van der Waals surface area contributed by atoms with E-state index in [1.54, 1.807) is 11.4 Å². The predicted octanol–water partition coefficient (Wildman–Crippen LogP) is 2.83. The van der Waals surface area contributed by atoms with Crippen molar-refractivity contribution in [2.24, 2.45) is 5.73 Å². The van der Waals surface area contributed by atoms with Crippen molar-refractivity contribution < 1.29 is 28.6 Å². The molecule has 2 rings (SSSR count). The molecule has 3 N–H and O–H groups in total. The summed E-state index contributed by atoms with van der Waals surface area (Å²) in [7, 11) is 1.46. The third-order valence-corrected chi connectivity index (χ3v) is 4.41. The summed E-state index contributed by atoms with van der Waals surface area (Å²) in [4.78, 5) is 36.0. The van der Waals surface area contributed by atoms with E-state index < -0.39 is 23.9 Å². The Balaban J connectivity index is 2.06. The molecule has 9 heteroatoms. The molecule has 0 fully saturated rings. The van der Waals surface area contributed by atoms with Crippen LogP contribution < -0.4 is 20.5 Å². The Hall–Kier alpha value is -3.07. The zero-order valence-electron chi connectivity index (χ0n) is 16.0. The van der Waals surface area contributed by atoms with Gasteiger partial charge in [0.15, 0.2) is 17.6 Å². The van der Waals surface area contributed by atoms with Crippen LogP contribution in [0.3, 0.4) is 0 Å². The highest BCUT2D eigenvalue weighted by Gasteiger charge is 2.22. The number of carbonyl (C=O) groups excluding carboxylic acids is 3. The monoisotopic (exact) mass is 406 g/mol. The van der Waals surface area contributed by atoms with E-state index in [0.29, 0.717) is 16.5 Å². The number of hydrogen-bond acceptors (Lipinski definition) is 7. The van der Waals surface area contributed by atoms with Gasteiger partial charge in [0.05, 0.1) is 24.3 Å². The summed E-state index contributed by atoms with van der Waals surface area (Å²) in [5.74, 6) is -1.05. The van der Waals surface area contributed by atoms with Crippen LogP contribution in [0.25, 0.3) is 0 Å². The summed E-state index contributed by atoms with van der Waals surface area (Å²) < 4.78 is 16.1. The van der Waals surface area contributed by atoms with E-state index in [2.05, 4.69) is 5.32 Å². The average Bonchev–Trinajstić information content (AvgIpc) is 3.09. The molecule has 1 unspecified atom stereocenters. The number of thiophene rings is 1. The Bertz CT molecular complexity index is 877. The fourth-order valence-electron chi connectivity index (χ4n) is 2.24. The molecule has 1 atom stereocenters. The molecule has 0 aliphatic heterocycles. The van der Waals surface area contributed by atoms with Crippen LogP contribution >= 0.6 is 11.3 Å². The predicted molar refractivity (Wildman–Crippen MR) is 105 cm³/mol. The fourth-order valence-corrected chi connectivity index (χ4v) is 3.04. The van der Waals surface area contributed by atoms with Crippen LogP contribution in [0.1, 0.15) is 41.5 Å². The molecule has 150 valence electrons. The van der Waals surface area contributed by atoms with Crippen molar-refractivity contribution in [2.75, 3.05) is 12.4 Å². The minimum Gasteiger partial charge on any atom is -0.493 e. The second kappa shape index (κ2) is 9.23. The first-order valence-corrected chi connectivity index (χ1v) is 9.34. The lowest BCUT2D eigenvalue weighted by atomic mass is 10.2. The molecule has 28 heavy (non-hydrogen) atoms. The van der Waals surface area contributed by atoms with E-state index in [9.17, 15) is 14.4 Å². The van der Waals surface area contributed by atoms with Gasteiger partial charge in [-0.1, -0.05) is 0 Å². The van der Waals surface area contributed by atoms with Crippen molar-refractivity contribution in [2.45, 2.75) is 33.0 Å². The second-order valence-corrected chi connectivity index (χ2v) is 7.01. The van der Waals surface area contributed by atoms with Gasteiger partial charge >= 0.3 is 5.97 Å². The third-order valence-electron chi connectivity index (χ3n) is 3.58. The van der Waals surface area contributed by atoms with E-state index in [0.717, 1.165) is 11.3 Å². The molecular formula is C19H22N2O6S. The molecule has 1 aromatic heterocycles. The standard InChI is InChI=1S/C19H22N2O6S/c1-10(2)26-14-6-5-12(9-15(14)25-4)19(24)27-11(3)17(23)21-18-13(16(20)22)7-8-28-18/h5-11H,1-4H3,(H2,20,22)(H,21,23). The van der Waals surface area contributed by atoms with Crippen molar-refractivity contribution >= 4 is 34.1 Å². The molecule has 0 bridgehead atoms. The molecular weight excluding hydrogens is 384 g/mol. The summed E-state index contributed by atoms with van der Waals surface area (Å²) >= 11 is 1.15. The number of rotatable bonds is 8. The zero-order valence-corrected chi connectivity index (χ0v) is 16.8. The van der Waals surface area contributed by atoms with E-state index in [4.69, 9.17) is 19.9 Å². The van der Waals surface area contributed by atoms with Crippen LogP contribution in [0.15, 0.2) is 29.6 Å². The SMILES string of the molecule is COc1cc(C(=O)OC(C)C(=O)Nc2sccc2C(N)=O)ccc1OC(C)C. The van der Waals surface area contributed by atoms with Crippen LogP contribution in [0.5, 0.6) is 11.5 Å². The number of hydrogen-bond donors (Lipinski definition) is 2. The number of benzene rings is 1. The van der Waals surface area contributed by atoms with Crippen LogP contribution in [0.4, 0.5) is 5.00 Å². The van der Waals surface area contributed by atoms with Gasteiger partial charge < -0.3 is 25.3 Å². The van der Waals surface area contributed by atoms with Crippen molar-refractivity contribution in [1.29, 1.82) is 0 Å². The maximum Gasteiger partial charge on any atom is 0.339 e. The molecule has 0 aliphatic carbocycles. The first-order valence-electron chi connectivity index (χ1n) is 8.46. The number of methoxy groups -OCH3 is 1. The van der Waals surface area contributed by atoms with Crippen molar-refractivity contribution in [3.63, 3.8) is 0 Å². The maximum atomic E-state index is 12.4. The average molecular weight is 406 g/mol. The van der Waals surface area contributed by atoms with Crippen LogP contribution in [-0.4, -0.2) is 37.1 Å². The quantitative estimate of drug-likeness (QED) is 0.651. The molecule has 0 saturated heterocycles. The fraction of sp³-hybridized carbons (Fsp3) is 0.316. The molecule has 1 heterocycles. The number of esters is 1. The van der Waals surface area contributed by atoms with Gasteiger partial charge in [0.2, 0.25) is 0 Å². The molecule has 2 aromatic rings. The third kappa shape index (κ3) is 5.23. The number of nitrogens with two attached hydrogens (primary N) is 1. The number of ether oxygens (including phenoxy) is 3. The summed E-state index contributed by atoms with van der Waals surface area (Å²) in [6.07, 6.45) is -1.15. The van der Waals surface area contributed by atoms with E-state index >= 15 is 0 Å². The lowest BCUT2D eigenvalue weighted by molar-refractivity contribution is -0.123. The largest absolute Gasteiger partial charge is 0.493 e. The molecule has 0 aliphatic rings. The maximum absolute atomic E-state index is 12.4. The highest BCUT2D eigenvalue weighted by molar-refractivity contribution is 7.14. The molecule has 1 aromatic carbocycles. The Morgan fingerprint density at radius 3 is 2.43 bits per heavy atom. The molecule has 8 nitrogen and oxygen atoms in total. The van der Waals surface area contributed by atoms with Crippen molar-refractivity contribution in [1.82, 2.24) is 0 Å². The van der Waals surface area contributed by atoms with E-state index in [1.165, 1.54) is 32.2 Å². The first-order chi connectivity index (χ1) is 13.2. The summed E-state index contributed by atoms with van der Waals surface area (Å²) in [6.45, 7) is 5.18. The van der Waals surface area contributed by atoms with Crippen LogP contribution in [0, 0.1) is 0 Å². The van der Waals surface area contributed by atoms with Crippen LogP contribution in [-0.2, 0) is 9.53 Å². The van der Waals surface area contributed by atoms with Crippen molar-refractivity contribution in [3.8, 4) is 11.5 Å². The Kier molecular flexibility index (Phi) is 7.00. The minimum absolute atomic E-state index is 0.0574. The number of anilines is 1. The smallest absolute Gasteiger partial charge is 0.339 e. The molecule has 2 amide bonds. The number of amides is 2. The van der Waals surface area contributed by atoms with Gasteiger partial charge in [0.1, 0.15) is 5.00 Å². The molecule has 0 spiro atoms. The summed E-state index contributed by atoms with van der Waals surface area (Å²) in [6, 6.07) is 6.12. The topological polar surface area (TPSA) is 117 Å². The Morgan fingerprint density at radius 1 is 1.11 bits per heavy atom. The van der Waals surface area contributed by atoms with Gasteiger partial charge in [0.25, 0.3) is 11.8 Å². The summed E-state index contributed by atoms with van der Waals surface area (Å²) in [5, 5.41) is 4.47. The first kappa shape index (κ1) is 21.2. The number of carbonyl (C=O) groups is 3. The van der Waals surface area contributed by atoms with Crippen molar-refractivity contribution in [3.05, 3.63) is 40.8 Å². The Labute approximate surface area is 166 Å². The zero-order chi connectivity index (χ0) is 20.8. The van der Waals surface area contributed by atoms with Gasteiger partial charge in [-0.2, -0.15) is 0 Å². The molecule has 0 saturated carbocycles. The highest BCUT2D eigenvalue weighted by Crippen LogP contribution is 2.29. The highest BCUT2D eigenvalue weighted by atomic mass is 32.1. The second-order valence-electron chi connectivity index (χ2n) is 6.10. The number of nitrogens with one attached hydrogen (secondary N) is 1. The summed E-state index contributed by atoms with van der Waals surface area (Å²) in [5.41, 5.74) is 5.65. The van der Waals surface area contributed by atoms with Gasteiger partial charge in [-0.15, -0.1) is 11.3 Å². The lowest BCUT2D eigenvalue weighted by Crippen LogP contribution is -2.30. The van der Waals surface area contributed by atoms with Crippen LogP contribution in [0.2, 0.25) is 0 Å². The van der Waals surface area contributed by atoms with E-state index in [-0.39, 0.29) is 17.2 Å². The van der Waals surface area contributed by atoms with Gasteiger partial charge in [0, 0.05) is 0 Å². The minimum atomic E-state index is -1.09. The lowest BCUT2D eigenvalue weighted by Gasteiger charge is -2.16. The Morgan fingerprint density at radius 2 is 1.82 bits per heavy atom. The number of primary amides is 1. The normalized spacial score (nSPS) is 11.6. The van der Waals surface area contributed by atoms with E-state index in [1.807, 2.05) is 13.8 Å².